The molecule has 0 amide bonds. The maximum atomic E-state index is 14.2. The van der Waals surface area contributed by atoms with Crippen molar-refractivity contribution >= 4 is 35.0 Å². The van der Waals surface area contributed by atoms with Gasteiger partial charge in [0.2, 0.25) is 0 Å². The number of hydrogen-bond acceptors (Lipinski definition) is 6. The van der Waals surface area contributed by atoms with Crippen LogP contribution in [0.4, 0.5) is 4.39 Å². The molecule has 1 aliphatic heterocycles. The SMILES string of the molecule is CCOC(=O)C1=C(c2ccccc2)N=c2s/c(=C\c3cc(C)n(-c4cccc(C(=O)O)c4)c3C)c(=O)n2[C@@H]1c1ccc(F)cc1. The lowest BCUT2D eigenvalue weighted by atomic mass is 9.93. The van der Waals surface area contributed by atoms with Crippen LogP contribution in [0.2, 0.25) is 0 Å². The Morgan fingerprint density at radius 1 is 1.02 bits per heavy atom. The second-order valence-corrected chi connectivity index (χ2v) is 11.5. The topological polar surface area (TPSA) is 103 Å². The zero-order valence-electron chi connectivity index (χ0n) is 24.7. The number of halogens is 1. The summed E-state index contributed by atoms with van der Waals surface area (Å²) >= 11 is 1.19. The van der Waals surface area contributed by atoms with Crippen molar-refractivity contribution in [2.75, 3.05) is 6.61 Å². The lowest BCUT2D eigenvalue weighted by Gasteiger charge is -2.25. The molecule has 0 saturated heterocycles. The van der Waals surface area contributed by atoms with Gasteiger partial charge in [-0.3, -0.25) is 9.36 Å². The molecule has 1 atom stereocenters. The van der Waals surface area contributed by atoms with E-state index in [-0.39, 0.29) is 23.3 Å². The summed E-state index contributed by atoms with van der Waals surface area (Å²) in [6.07, 6.45) is 1.78. The fourth-order valence-corrected chi connectivity index (χ4v) is 6.64. The first-order valence-electron chi connectivity index (χ1n) is 14.2. The maximum Gasteiger partial charge on any atom is 0.338 e. The average Bonchev–Trinajstić information content (AvgIpc) is 3.50. The quantitative estimate of drug-likeness (QED) is 0.253. The molecule has 5 aromatic rings. The lowest BCUT2D eigenvalue weighted by Crippen LogP contribution is -2.40. The fourth-order valence-electron chi connectivity index (χ4n) is 5.65. The van der Waals surface area contributed by atoms with Gasteiger partial charge in [-0.05, 0) is 74.4 Å². The molecule has 0 fully saturated rings. The third-order valence-corrected chi connectivity index (χ3v) is 8.65. The number of benzene rings is 3. The molecular weight excluding hydrogens is 593 g/mol. The number of carbonyl (C=O) groups is 2. The number of rotatable bonds is 7. The van der Waals surface area contributed by atoms with Gasteiger partial charge in [-0.15, -0.1) is 0 Å². The van der Waals surface area contributed by atoms with Crippen LogP contribution in [0.3, 0.4) is 0 Å². The molecule has 45 heavy (non-hydrogen) atoms. The number of esters is 1. The Morgan fingerprint density at radius 2 is 1.76 bits per heavy atom. The van der Waals surface area contributed by atoms with Crippen LogP contribution in [0, 0.1) is 19.7 Å². The van der Waals surface area contributed by atoms with Crippen molar-refractivity contribution in [1.29, 1.82) is 0 Å². The Bertz CT molecular complexity index is 2180. The summed E-state index contributed by atoms with van der Waals surface area (Å²) in [5.74, 6) is -2.08. The van der Waals surface area contributed by atoms with Gasteiger partial charge in [0, 0.05) is 22.6 Å². The minimum Gasteiger partial charge on any atom is -0.478 e. The molecule has 0 bridgehead atoms. The Labute approximate surface area is 261 Å². The summed E-state index contributed by atoms with van der Waals surface area (Å²) < 4.78 is 23.3. The molecule has 8 nitrogen and oxygen atoms in total. The van der Waals surface area contributed by atoms with Crippen molar-refractivity contribution < 1.29 is 23.8 Å². The number of carboxylic acid groups (broad SMARTS) is 1. The van der Waals surface area contributed by atoms with Gasteiger partial charge in [0.1, 0.15) is 5.82 Å². The number of carbonyl (C=O) groups excluding carboxylic acids is 1. The Balaban J connectivity index is 1.58. The van der Waals surface area contributed by atoms with Gasteiger partial charge in [0.25, 0.3) is 5.56 Å². The van der Waals surface area contributed by atoms with Crippen LogP contribution >= 0.6 is 11.3 Å². The number of nitrogens with zero attached hydrogens (tertiary/aromatic N) is 3. The van der Waals surface area contributed by atoms with Crippen molar-refractivity contribution in [1.82, 2.24) is 9.13 Å². The number of aromatic carboxylic acids is 1. The molecule has 0 radical (unpaired) electrons. The largest absolute Gasteiger partial charge is 0.478 e. The molecule has 2 aromatic heterocycles. The number of aromatic nitrogens is 2. The van der Waals surface area contributed by atoms with E-state index in [1.54, 1.807) is 37.3 Å². The molecule has 6 rings (SSSR count). The van der Waals surface area contributed by atoms with Gasteiger partial charge in [-0.25, -0.2) is 19.0 Å². The summed E-state index contributed by atoms with van der Waals surface area (Å²) in [4.78, 5) is 44.6. The molecule has 1 aliphatic rings. The number of ether oxygens (including phenoxy) is 1. The smallest absolute Gasteiger partial charge is 0.338 e. The third kappa shape index (κ3) is 5.44. The minimum atomic E-state index is -1.02. The number of aryl methyl sites for hydroxylation is 1. The molecular formula is C35H28FN3O5S. The molecule has 10 heteroatoms. The number of carboxylic acids is 1. The van der Waals surface area contributed by atoms with Crippen molar-refractivity contribution in [2.45, 2.75) is 26.8 Å². The standard InChI is InChI=1S/C35H28FN3O5S/c1-4-44-34(43)29-30(22-9-6-5-7-10-22)37-35-39(31(29)23-13-15-26(36)16-14-23)32(40)28(45-35)19-25-17-20(2)38(21(25)3)27-12-8-11-24(18-27)33(41)42/h5-19,31H,4H2,1-3H3,(H,41,42)/b28-19-/t31-/m1/s1. The van der Waals surface area contributed by atoms with E-state index in [9.17, 15) is 23.9 Å². The predicted octanol–water partition coefficient (Wildman–Crippen LogP) is 5.18. The number of fused-ring (bicyclic) bond motifs is 1. The predicted molar refractivity (Wildman–Crippen MR) is 170 cm³/mol. The molecule has 3 heterocycles. The minimum absolute atomic E-state index is 0.121. The second kappa shape index (κ2) is 12.0. The van der Waals surface area contributed by atoms with Crippen molar-refractivity contribution in [3.63, 3.8) is 0 Å². The van der Waals surface area contributed by atoms with Gasteiger partial charge >= 0.3 is 11.9 Å². The zero-order valence-corrected chi connectivity index (χ0v) is 25.5. The third-order valence-electron chi connectivity index (χ3n) is 7.67. The highest BCUT2D eigenvalue weighted by atomic mass is 32.1. The summed E-state index contributed by atoms with van der Waals surface area (Å²) in [5.41, 5.74) is 4.71. The van der Waals surface area contributed by atoms with E-state index in [0.717, 1.165) is 17.0 Å². The van der Waals surface area contributed by atoms with Crippen LogP contribution in [0.5, 0.6) is 0 Å². The van der Waals surface area contributed by atoms with Crippen LogP contribution in [-0.2, 0) is 9.53 Å². The highest BCUT2D eigenvalue weighted by molar-refractivity contribution is 7.07. The van der Waals surface area contributed by atoms with Crippen LogP contribution in [-0.4, -0.2) is 32.8 Å². The van der Waals surface area contributed by atoms with E-state index in [0.29, 0.717) is 31.8 Å². The van der Waals surface area contributed by atoms with Crippen LogP contribution in [0.15, 0.2) is 100 Å². The monoisotopic (exact) mass is 621 g/mol. The van der Waals surface area contributed by atoms with E-state index in [4.69, 9.17) is 9.73 Å². The van der Waals surface area contributed by atoms with E-state index >= 15 is 0 Å². The summed E-state index contributed by atoms with van der Waals surface area (Å²) in [5, 5.41) is 9.49. The molecule has 1 N–H and O–H groups in total. The Hall–Kier alpha value is -5.35. The maximum absolute atomic E-state index is 14.2. The molecule has 0 spiro atoms. The summed E-state index contributed by atoms with van der Waals surface area (Å²) in [7, 11) is 0. The second-order valence-electron chi connectivity index (χ2n) is 10.5. The molecule has 3 aromatic carbocycles. The lowest BCUT2D eigenvalue weighted by molar-refractivity contribution is -0.138. The molecule has 0 aliphatic carbocycles. The number of hydrogen-bond donors (Lipinski definition) is 1. The van der Waals surface area contributed by atoms with Gasteiger partial charge in [-0.2, -0.15) is 0 Å². The fraction of sp³-hybridized carbons (Fsp3) is 0.143. The van der Waals surface area contributed by atoms with Gasteiger partial charge < -0.3 is 14.4 Å². The van der Waals surface area contributed by atoms with Crippen LogP contribution in [0.25, 0.3) is 17.5 Å². The van der Waals surface area contributed by atoms with E-state index in [2.05, 4.69) is 0 Å². The van der Waals surface area contributed by atoms with Gasteiger partial charge in [-0.1, -0.05) is 59.9 Å². The first-order chi connectivity index (χ1) is 21.7. The average molecular weight is 622 g/mol. The van der Waals surface area contributed by atoms with Crippen molar-refractivity contribution in [3.8, 4) is 5.69 Å². The summed E-state index contributed by atoms with van der Waals surface area (Å²) in [6.45, 7) is 5.63. The van der Waals surface area contributed by atoms with Crippen molar-refractivity contribution in [2.24, 2.45) is 4.99 Å². The van der Waals surface area contributed by atoms with Gasteiger partial charge in [0.15, 0.2) is 4.80 Å². The van der Waals surface area contributed by atoms with Crippen LogP contribution < -0.4 is 14.9 Å². The molecule has 226 valence electrons. The Kier molecular flexibility index (Phi) is 7.90. The Morgan fingerprint density at radius 3 is 2.44 bits per heavy atom. The molecule has 0 saturated carbocycles. The van der Waals surface area contributed by atoms with Crippen LogP contribution in [0.1, 0.15) is 51.4 Å². The zero-order chi connectivity index (χ0) is 31.8. The summed E-state index contributed by atoms with van der Waals surface area (Å²) in [6, 6.07) is 22.6. The highest BCUT2D eigenvalue weighted by Gasteiger charge is 2.35. The first kappa shape index (κ1) is 29.7. The molecule has 0 unspecified atom stereocenters. The van der Waals surface area contributed by atoms with Gasteiger partial charge in [0.05, 0.1) is 34.0 Å². The van der Waals surface area contributed by atoms with Crippen molar-refractivity contribution in [3.05, 3.63) is 150 Å². The van der Waals surface area contributed by atoms with E-state index in [1.807, 2.05) is 60.9 Å². The normalized spacial score (nSPS) is 14.7. The highest BCUT2D eigenvalue weighted by Crippen LogP contribution is 2.35. The first-order valence-corrected chi connectivity index (χ1v) is 15.1. The van der Waals surface area contributed by atoms with E-state index < -0.39 is 23.8 Å². The number of thiazole rings is 1. The van der Waals surface area contributed by atoms with E-state index in [1.165, 1.54) is 34.1 Å².